The lowest BCUT2D eigenvalue weighted by Crippen LogP contribution is -2.31. The molecular formula is C49H50N4O4. The minimum absolute atomic E-state index is 0. The van der Waals surface area contributed by atoms with Crippen LogP contribution < -0.4 is 30.7 Å². The van der Waals surface area contributed by atoms with Crippen LogP contribution in [0.15, 0.2) is 176 Å². The molecule has 2 aliphatic rings. The second-order valence-corrected chi connectivity index (χ2v) is 13.7. The van der Waals surface area contributed by atoms with Crippen molar-refractivity contribution in [1.29, 1.82) is 0 Å². The molecule has 0 radical (unpaired) electrons. The van der Waals surface area contributed by atoms with Crippen LogP contribution in [0.1, 0.15) is 34.8 Å². The van der Waals surface area contributed by atoms with Gasteiger partial charge in [-0.3, -0.25) is 0 Å². The first-order valence-electron chi connectivity index (χ1n) is 18.8. The number of benzene rings is 7. The number of aromatic hydroxyl groups is 1. The van der Waals surface area contributed by atoms with Gasteiger partial charge in [-0.2, -0.15) is 0 Å². The highest BCUT2D eigenvalue weighted by atomic mass is 16.5. The van der Waals surface area contributed by atoms with Gasteiger partial charge in [-0.15, -0.1) is 0 Å². The third-order valence-corrected chi connectivity index (χ3v) is 9.55. The largest absolute Gasteiger partial charge is 0.508 e. The fourth-order valence-corrected chi connectivity index (χ4v) is 6.50. The van der Waals surface area contributed by atoms with E-state index in [0.717, 1.165) is 48.8 Å². The molecule has 7 aromatic rings. The first kappa shape index (κ1) is 39.5. The number of carbonyl (C=O) groups is 1. The molecule has 0 saturated carbocycles. The topological polar surface area (TPSA) is 114 Å². The highest BCUT2D eigenvalue weighted by Gasteiger charge is 2.18. The quantitative estimate of drug-likeness (QED) is 0.144. The van der Waals surface area contributed by atoms with E-state index < -0.39 is 0 Å². The maximum Gasteiger partial charge on any atom is 0.161 e. The van der Waals surface area contributed by atoms with Crippen molar-refractivity contribution in [2.75, 3.05) is 34.7 Å². The zero-order valence-electron chi connectivity index (χ0n) is 31.9. The van der Waals surface area contributed by atoms with E-state index in [2.05, 4.69) is 82.6 Å². The fourth-order valence-electron chi connectivity index (χ4n) is 6.50. The van der Waals surface area contributed by atoms with Crippen molar-refractivity contribution >= 4 is 29.5 Å². The first-order valence-corrected chi connectivity index (χ1v) is 18.8. The van der Waals surface area contributed by atoms with Crippen LogP contribution in [-0.2, 0) is 30.7 Å². The summed E-state index contributed by atoms with van der Waals surface area (Å²) in [7, 11) is 0. The molecule has 0 aliphatic carbocycles. The molecule has 290 valence electrons. The molecule has 7 aromatic carbocycles. The van der Waals surface area contributed by atoms with Crippen molar-refractivity contribution in [1.82, 2.24) is 0 Å². The molecule has 0 unspecified atom stereocenters. The fraction of sp³-hybridized carbons (Fsp3) is 0.122. The van der Waals surface area contributed by atoms with Gasteiger partial charge >= 0.3 is 0 Å². The number of hydrogen-bond donors (Lipinski definition) is 3. The summed E-state index contributed by atoms with van der Waals surface area (Å²) in [4.78, 5) is 12.5. The van der Waals surface area contributed by atoms with Gasteiger partial charge in [0.25, 0.3) is 0 Å². The van der Waals surface area contributed by atoms with E-state index >= 15 is 0 Å². The van der Waals surface area contributed by atoms with Crippen molar-refractivity contribution < 1.29 is 20.8 Å². The van der Waals surface area contributed by atoms with Crippen LogP contribution in [0.25, 0.3) is 0 Å². The molecule has 5 N–H and O–H groups in total. The Morgan fingerprint density at radius 1 is 0.474 bits per heavy atom. The Hall–Kier alpha value is -7.19. The van der Waals surface area contributed by atoms with Gasteiger partial charge in [-0.25, -0.2) is 0 Å². The molecule has 2 heterocycles. The maximum absolute atomic E-state index is 8.63. The highest BCUT2D eigenvalue weighted by molar-refractivity contribution is 5.53. The van der Waals surface area contributed by atoms with E-state index in [0.29, 0.717) is 19.2 Å². The predicted molar refractivity (Wildman–Crippen MR) is 234 cm³/mol. The zero-order valence-corrected chi connectivity index (χ0v) is 31.9. The lowest BCUT2D eigenvalue weighted by atomic mass is 10.0. The summed E-state index contributed by atoms with van der Waals surface area (Å²) in [5.74, 6) is 2.31. The monoisotopic (exact) mass is 759 g/mol. The number of phenols is 1. The highest BCUT2D eigenvalue weighted by Crippen LogP contribution is 2.30. The molecule has 9 rings (SSSR count). The Morgan fingerprint density at radius 3 is 1.16 bits per heavy atom. The van der Waals surface area contributed by atoms with Crippen LogP contribution in [0.2, 0.25) is 0 Å². The molecule has 8 heteroatoms. The molecule has 0 bridgehead atoms. The number of carbonyl (C=O) groups excluding carboxylic acids is 1. The smallest absolute Gasteiger partial charge is 0.161 e. The van der Waals surface area contributed by atoms with Gasteiger partial charge in [-0.05, 0) is 108 Å². The van der Waals surface area contributed by atoms with Crippen LogP contribution in [0.5, 0.6) is 17.2 Å². The second-order valence-electron chi connectivity index (χ2n) is 13.7. The van der Waals surface area contributed by atoms with Gasteiger partial charge in [-0.1, -0.05) is 103 Å². The number of ether oxygens (including phenoxy) is 2. The van der Waals surface area contributed by atoms with Crippen LogP contribution >= 0.6 is 0 Å². The summed E-state index contributed by atoms with van der Waals surface area (Å²) in [5, 5.41) is 8.63. The van der Waals surface area contributed by atoms with Gasteiger partial charge < -0.3 is 40.6 Å². The maximum atomic E-state index is 8.63. The number of phenolic OH excluding ortho intramolecular Hbond substituents is 1. The number of nitrogens with zero attached hydrogens (tertiary/aromatic N) is 2. The number of hydrogen-bond acceptors (Lipinski definition) is 8. The zero-order chi connectivity index (χ0) is 39.8. The number of fused-ring (bicyclic) bond motifs is 2. The van der Waals surface area contributed by atoms with Crippen LogP contribution in [0, 0.1) is 0 Å². The number of nitrogen functional groups attached to an aromatic ring is 2. The minimum Gasteiger partial charge on any atom is -0.508 e. The first-order chi connectivity index (χ1) is 27.9. The number of anilines is 4. The third-order valence-electron chi connectivity index (χ3n) is 9.55. The van der Waals surface area contributed by atoms with Gasteiger partial charge in [0.05, 0.1) is 0 Å². The molecule has 0 atom stereocenters. The van der Waals surface area contributed by atoms with E-state index in [1.54, 1.807) is 24.3 Å². The molecule has 0 spiro atoms. The van der Waals surface area contributed by atoms with Crippen molar-refractivity contribution in [2.45, 2.75) is 25.9 Å². The Kier molecular flexibility index (Phi) is 13.8. The molecule has 57 heavy (non-hydrogen) atoms. The van der Waals surface area contributed by atoms with Gasteiger partial charge in [0.15, 0.2) is 13.5 Å². The van der Waals surface area contributed by atoms with E-state index in [9.17, 15) is 0 Å². The van der Waals surface area contributed by atoms with Crippen molar-refractivity contribution in [3.05, 3.63) is 209 Å². The Morgan fingerprint density at radius 2 is 0.807 bits per heavy atom. The van der Waals surface area contributed by atoms with E-state index in [-0.39, 0.29) is 1.43 Å². The van der Waals surface area contributed by atoms with Crippen molar-refractivity contribution in [3.63, 3.8) is 0 Å². The Bertz CT molecular complexity index is 2130. The normalized spacial score (nSPS) is 12.3. The van der Waals surface area contributed by atoms with Crippen LogP contribution in [0.3, 0.4) is 0 Å². The molecular weight excluding hydrogens is 709 g/mol. The van der Waals surface area contributed by atoms with Crippen LogP contribution in [-0.4, -0.2) is 25.4 Å². The third kappa shape index (κ3) is 11.4. The molecule has 0 amide bonds. The summed E-state index contributed by atoms with van der Waals surface area (Å²) < 4.78 is 11.8. The van der Waals surface area contributed by atoms with Crippen molar-refractivity contribution in [3.8, 4) is 17.2 Å². The number of rotatable bonds is 6. The Balaban J connectivity index is 0.000000212. The van der Waals surface area contributed by atoms with Crippen LogP contribution in [0.4, 0.5) is 22.7 Å². The average Bonchev–Trinajstić information content (AvgIpc) is 3.27. The van der Waals surface area contributed by atoms with Gasteiger partial charge in [0.1, 0.15) is 24.0 Å². The van der Waals surface area contributed by atoms with E-state index in [1.807, 2.05) is 85.7 Å². The van der Waals surface area contributed by atoms with Gasteiger partial charge in [0.2, 0.25) is 0 Å². The molecule has 0 saturated heterocycles. The lowest BCUT2D eigenvalue weighted by molar-refractivity contribution is -0.0980. The Labute approximate surface area is 336 Å². The molecule has 8 nitrogen and oxygen atoms in total. The number of para-hydroxylation sites is 3. The minimum atomic E-state index is 0. The standard InChI is InChI=1S/C29H26N2O2.C13H14N2.C6H6O.CH2O.H2/c1-3-7-28-24(5-1)18-30(20-32-28)26-13-9-22(10-14-26)17-23-11-15-27(16-12-23)31-19-25-6-2-4-8-29(25)33-21-31;14-12-5-1-10(2-6-12)9-11-3-7-13(15)8-4-11;7-6-4-2-1-3-5-6;1-2;/h1-16H,17-21H2;1-8H,9,14-15H2;1-5,7H;1H2;1H/i;;;;1+1. The predicted octanol–water partition coefficient (Wildman–Crippen LogP) is 9.89. The second kappa shape index (κ2) is 19.9. The van der Waals surface area contributed by atoms with Crippen molar-refractivity contribution in [2.24, 2.45) is 0 Å². The molecule has 0 aromatic heterocycles. The summed E-state index contributed by atoms with van der Waals surface area (Å²) in [5.41, 5.74) is 22.8. The summed E-state index contributed by atoms with van der Waals surface area (Å²) in [6.07, 6.45) is 1.83. The van der Waals surface area contributed by atoms with E-state index in [1.165, 1.54) is 44.8 Å². The summed E-state index contributed by atoms with van der Waals surface area (Å²) >= 11 is 0. The number of nitrogens with two attached hydrogens (primary N) is 2. The SMILES string of the molecule is C=O.Nc1ccc(Cc2ccc(N)cc2)cc1.Oc1ccccc1.[2HH].c1ccc2c(c1)CN(c1ccc(Cc3ccc(N4COc5ccccc5C4)cc3)cc1)CO2. The molecule has 2 aliphatic heterocycles. The van der Waals surface area contributed by atoms with E-state index in [4.69, 9.17) is 30.8 Å². The molecule has 0 fully saturated rings. The lowest BCUT2D eigenvalue weighted by Gasteiger charge is -2.31. The average molecular weight is 760 g/mol. The van der Waals surface area contributed by atoms with Gasteiger partial charge in [0, 0.05) is 48.4 Å². The summed E-state index contributed by atoms with van der Waals surface area (Å²) in [6.45, 7) is 4.92. The summed E-state index contributed by atoms with van der Waals surface area (Å²) in [6, 6.07) is 58.8.